The molecule has 0 aliphatic rings. The molecule has 0 fully saturated rings. The zero-order chi connectivity index (χ0) is 10.0. The Morgan fingerprint density at radius 2 is 1.92 bits per heavy atom. The van der Waals surface area contributed by atoms with E-state index in [1.807, 2.05) is 0 Å². The van der Waals surface area contributed by atoms with E-state index >= 15 is 0 Å². The summed E-state index contributed by atoms with van der Waals surface area (Å²) in [6, 6.07) is 2.61. The van der Waals surface area contributed by atoms with Crippen molar-refractivity contribution in [3.05, 3.63) is 22.2 Å². The van der Waals surface area contributed by atoms with Crippen molar-refractivity contribution in [1.29, 1.82) is 0 Å². The lowest BCUT2D eigenvalue weighted by atomic mass is 10.3. The number of hydrogen-bond acceptors (Lipinski definition) is 3. The molecule has 0 radical (unpaired) electrons. The number of anilines is 1. The van der Waals surface area contributed by atoms with Crippen LogP contribution in [-0.2, 0) is 11.4 Å². The fourth-order valence-electron chi connectivity index (χ4n) is 0.693. The summed E-state index contributed by atoms with van der Waals surface area (Å²) in [6.07, 6.45) is 0. The minimum Gasteiger partial charge on any atom is -0.396 e. The molecule has 7 heteroatoms. The lowest BCUT2D eigenvalue weighted by Gasteiger charge is -2.05. The van der Waals surface area contributed by atoms with Crippen molar-refractivity contribution in [1.82, 2.24) is 0 Å². The van der Waals surface area contributed by atoms with Gasteiger partial charge < -0.3 is 9.92 Å². The molecule has 13 heavy (non-hydrogen) atoms. The molecular weight excluding hydrogens is 237 g/mol. The first-order valence-electron chi connectivity index (χ1n) is 3.04. The van der Waals surface area contributed by atoms with E-state index < -0.39 is 11.4 Å². The van der Waals surface area contributed by atoms with Gasteiger partial charge in [0.1, 0.15) is 0 Å². The van der Waals surface area contributed by atoms with Gasteiger partial charge in [-0.1, -0.05) is 23.2 Å². The molecule has 0 aromatic heterocycles. The zero-order valence-corrected chi connectivity index (χ0v) is 8.49. The highest BCUT2D eigenvalue weighted by molar-refractivity contribution is 7.74. The van der Waals surface area contributed by atoms with Gasteiger partial charge in [-0.15, -0.1) is 0 Å². The third-order valence-corrected chi connectivity index (χ3v) is 2.26. The molecule has 0 heterocycles. The summed E-state index contributed by atoms with van der Waals surface area (Å²) in [6.45, 7) is 0. The minimum atomic E-state index is -2.42. The summed E-state index contributed by atoms with van der Waals surface area (Å²) in [4.78, 5) is 0. The third kappa shape index (κ3) is 2.73. The molecule has 0 saturated carbocycles. The van der Waals surface area contributed by atoms with E-state index in [2.05, 4.69) is 4.18 Å². The van der Waals surface area contributed by atoms with Crippen molar-refractivity contribution >= 4 is 40.3 Å². The molecule has 72 valence electrons. The molecule has 1 aromatic carbocycles. The van der Waals surface area contributed by atoms with Crippen LogP contribution in [-0.4, -0.2) is 8.76 Å². The van der Waals surface area contributed by atoms with E-state index in [0.717, 1.165) is 0 Å². The van der Waals surface area contributed by atoms with Gasteiger partial charge in [-0.25, -0.2) is 0 Å². The standard InChI is InChI=1S/C6H5Cl2NO3S/c7-3-1-5(9)6(2-4(3)8)12-13(10)11/h1-2H,9H2,(H,10,11). The van der Waals surface area contributed by atoms with Crippen LogP contribution in [0.15, 0.2) is 12.1 Å². The Hall–Kier alpha value is -0.490. The van der Waals surface area contributed by atoms with Crippen molar-refractivity contribution in [2.45, 2.75) is 0 Å². The Balaban J connectivity index is 3.08. The van der Waals surface area contributed by atoms with Gasteiger partial charge in [0, 0.05) is 6.07 Å². The van der Waals surface area contributed by atoms with Crippen LogP contribution in [0.3, 0.4) is 0 Å². The lowest BCUT2D eigenvalue weighted by Crippen LogP contribution is -2.00. The van der Waals surface area contributed by atoms with Crippen LogP contribution in [0.4, 0.5) is 5.69 Å². The van der Waals surface area contributed by atoms with Crippen LogP contribution in [0.2, 0.25) is 10.0 Å². The molecule has 0 aliphatic heterocycles. The molecule has 0 saturated heterocycles. The molecule has 1 unspecified atom stereocenters. The van der Waals surface area contributed by atoms with Gasteiger partial charge in [0.2, 0.25) is 0 Å². The predicted octanol–water partition coefficient (Wildman–Crippen LogP) is 2.09. The maximum atomic E-state index is 10.3. The minimum absolute atomic E-state index is 0.0234. The first-order chi connectivity index (χ1) is 6.00. The molecule has 0 bridgehead atoms. The Morgan fingerprint density at radius 1 is 1.38 bits per heavy atom. The Kier molecular flexibility index (Phi) is 3.38. The van der Waals surface area contributed by atoms with Gasteiger partial charge in [0.05, 0.1) is 15.7 Å². The topological polar surface area (TPSA) is 72.5 Å². The quantitative estimate of drug-likeness (QED) is 0.615. The summed E-state index contributed by atoms with van der Waals surface area (Å²) in [5, 5.41) is 0.464. The molecular formula is C6H5Cl2NO3S. The molecule has 0 aliphatic carbocycles. The van der Waals surface area contributed by atoms with E-state index in [4.69, 9.17) is 33.5 Å². The second kappa shape index (κ2) is 4.15. The van der Waals surface area contributed by atoms with Crippen LogP contribution in [0.5, 0.6) is 5.75 Å². The van der Waals surface area contributed by atoms with E-state index in [-0.39, 0.29) is 21.5 Å². The first kappa shape index (κ1) is 10.6. The van der Waals surface area contributed by atoms with E-state index in [1.165, 1.54) is 12.1 Å². The number of benzene rings is 1. The van der Waals surface area contributed by atoms with Crippen molar-refractivity contribution in [2.24, 2.45) is 0 Å². The third-order valence-electron chi connectivity index (χ3n) is 1.21. The summed E-state index contributed by atoms with van der Waals surface area (Å²) < 4.78 is 23.1. The van der Waals surface area contributed by atoms with Crippen molar-refractivity contribution in [2.75, 3.05) is 5.73 Å². The molecule has 3 N–H and O–H groups in total. The average Bonchev–Trinajstić information content (AvgIpc) is 1.99. The van der Waals surface area contributed by atoms with Gasteiger partial charge >= 0.3 is 11.4 Å². The van der Waals surface area contributed by atoms with Crippen LogP contribution < -0.4 is 9.92 Å². The number of halogens is 2. The van der Waals surface area contributed by atoms with Gasteiger partial charge in [-0.3, -0.25) is 4.55 Å². The second-order valence-electron chi connectivity index (χ2n) is 2.10. The number of nitrogen functional groups attached to an aromatic ring is 1. The average molecular weight is 242 g/mol. The fraction of sp³-hybridized carbons (Fsp3) is 0. The SMILES string of the molecule is Nc1cc(Cl)c(Cl)cc1OS(=O)O. The number of hydrogen-bond donors (Lipinski definition) is 2. The van der Waals surface area contributed by atoms with Gasteiger partial charge in [-0.2, -0.15) is 4.21 Å². The predicted molar refractivity (Wildman–Crippen MR) is 52.3 cm³/mol. The second-order valence-corrected chi connectivity index (χ2v) is 3.52. The van der Waals surface area contributed by atoms with E-state index in [1.54, 1.807) is 0 Å². The Bertz CT molecular complexity index is 358. The van der Waals surface area contributed by atoms with Crippen molar-refractivity contribution < 1.29 is 12.9 Å². The number of rotatable bonds is 2. The Labute approximate surface area is 87.1 Å². The van der Waals surface area contributed by atoms with Gasteiger partial charge in [0.25, 0.3) is 0 Å². The Morgan fingerprint density at radius 3 is 2.46 bits per heavy atom. The lowest BCUT2D eigenvalue weighted by molar-refractivity contribution is 0.459. The highest BCUT2D eigenvalue weighted by Gasteiger charge is 2.08. The molecule has 1 aromatic rings. The van der Waals surface area contributed by atoms with E-state index in [9.17, 15) is 4.21 Å². The van der Waals surface area contributed by atoms with Gasteiger partial charge in [-0.05, 0) is 6.07 Å². The fourth-order valence-corrected chi connectivity index (χ4v) is 1.32. The van der Waals surface area contributed by atoms with Crippen LogP contribution in [0.25, 0.3) is 0 Å². The highest BCUT2D eigenvalue weighted by Crippen LogP contribution is 2.32. The summed E-state index contributed by atoms with van der Waals surface area (Å²) >= 11 is 8.81. The maximum Gasteiger partial charge on any atom is 0.357 e. The largest absolute Gasteiger partial charge is 0.396 e. The van der Waals surface area contributed by atoms with Crippen LogP contribution >= 0.6 is 23.2 Å². The van der Waals surface area contributed by atoms with Crippen LogP contribution in [0.1, 0.15) is 0 Å². The summed E-state index contributed by atoms with van der Waals surface area (Å²) in [5.74, 6) is 0.0234. The van der Waals surface area contributed by atoms with Gasteiger partial charge in [0.15, 0.2) is 5.75 Å². The molecule has 0 spiro atoms. The summed E-state index contributed by atoms with van der Waals surface area (Å²) in [5.41, 5.74) is 5.57. The molecule has 0 amide bonds. The van der Waals surface area contributed by atoms with E-state index in [0.29, 0.717) is 0 Å². The number of nitrogens with two attached hydrogens (primary N) is 1. The van der Waals surface area contributed by atoms with Crippen molar-refractivity contribution in [3.63, 3.8) is 0 Å². The smallest absolute Gasteiger partial charge is 0.357 e. The highest BCUT2D eigenvalue weighted by atomic mass is 35.5. The molecule has 4 nitrogen and oxygen atoms in total. The first-order valence-corrected chi connectivity index (χ1v) is 4.83. The van der Waals surface area contributed by atoms with Crippen molar-refractivity contribution in [3.8, 4) is 5.75 Å². The molecule has 1 atom stereocenters. The monoisotopic (exact) mass is 241 g/mol. The zero-order valence-electron chi connectivity index (χ0n) is 6.16. The normalized spacial score (nSPS) is 12.5. The summed E-state index contributed by atoms with van der Waals surface area (Å²) in [7, 11) is 0. The van der Waals surface area contributed by atoms with Crippen LogP contribution in [0, 0.1) is 0 Å². The maximum absolute atomic E-state index is 10.3. The molecule has 1 rings (SSSR count).